The normalized spacial score (nSPS) is 20.8. The summed E-state index contributed by atoms with van der Waals surface area (Å²) in [4.78, 5) is 25.8. The molecule has 152 valence electrons. The van der Waals surface area contributed by atoms with Crippen molar-refractivity contribution in [3.8, 4) is 0 Å². The van der Waals surface area contributed by atoms with Gasteiger partial charge in [0, 0.05) is 26.2 Å². The summed E-state index contributed by atoms with van der Waals surface area (Å²) in [7, 11) is -3.73. The van der Waals surface area contributed by atoms with E-state index in [-0.39, 0.29) is 55.5 Å². The van der Waals surface area contributed by atoms with Crippen LogP contribution >= 0.6 is 0 Å². The number of carbonyl (C=O) groups is 2. The highest BCUT2D eigenvalue weighted by Crippen LogP contribution is 2.20. The van der Waals surface area contributed by atoms with Gasteiger partial charge in [-0.2, -0.15) is 4.31 Å². The molecule has 1 heterocycles. The fraction of sp³-hybridized carbons (Fsp3) is 0.474. The van der Waals surface area contributed by atoms with Gasteiger partial charge in [-0.1, -0.05) is 12.2 Å². The molecule has 0 N–H and O–H groups in total. The van der Waals surface area contributed by atoms with E-state index in [2.05, 4.69) is 0 Å². The zero-order valence-electron chi connectivity index (χ0n) is 15.4. The Bertz CT molecular complexity index is 846. The number of rotatable bonds is 5. The summed E-state index contributed by atoms with van der Waals surface area (Å²) >= 11 is 0. The molecular formula is C19H23FN2O5S. The lowest BCUT2D eigenvalue weighted by molar-refractivity contribution is -0.156. The minimum atomic E-state index is -3.73. The number of hydrogen-bond donors (Lipinski definition) is 0. The molecule has 3 rings (SSSR count). The van der Waals surface area contributed by atoms with Crippen molar-refractivity contribution in [1.82, 2.24) is 9.21 Å². The first-order chi connectivity index (χ1) is 13.4. The van der Waals surface area contributed by atoms with Crippen molar-refractivity contribution in [3.05, 3.63) is 42.2 Å². The lowest BCUT2D eigenvalue weighted by Crippen LogP contribution is -2.51. The molecule has 0 radical (unpaired) electrons. The van der Waals surface area contributed by atoms with Crippen LogP contribution in [0.2, 0.25) is 0 Å². The van der Waals surface area contributed by atoms with Gasteiger partial charge in [-0.05, 0) is 43.5 Å². The van der Waals surface area contributed by atoms with Crippen molar-refractivity contribution in [2.75, 3.05) is 32.8 Å². The van der Waals surface area contributed by atoms with Crippen molar-refractivity contribution < 1.29 is 27.1 Å². The van der Waals surface area contributed by atoms with E-state index in [1.165, 1.54) is 21.3 Å². The highest BCUT2D eigenvalue weighted by Gasteiger charge is 2.30. The highest BCUT2D eigenvalue weighted by atomic mass is 32.2. The number of nitrogens with zero attached hydrogens (tertiary/aromatic N) is 2. The van der Waals surface area contributed by atoms with Gasteiger partial charge in [0.05, 0.1) is 10.8 Å². The summed E-state index contributed by atoms with van der Waals surface area (Å²) in [6.07, 6.45) is 6.15. The second kappa shape index (κ2) is 8.83. The van der Waals surface area contributed by atoms with Gasteiger partial charge >= 0.3 is 5.97 Å². The topological polar surface area (TPSA) is 84.0 Å². The molecule has 1 aromatic carbocycles. The molecule has 0 spiro atoms. The van der Waals surface area contributed by atoms with Crippen LogP contribution in [0.3, 0.4) is 0 Å². The number of ether oxygens (including phenoxy) is 1. The van der Waals surface area contributed by atoms with Crippen molar-refractivity contribution in [2.24, 2.45) is 5.92 Å². The number of benzene rings is 1. The van der Waals surface area contributed by atoms with Crippen LogP contribution in [-0.4, -0.2) is 62.3 Å². The molecule has 2 aliphatic rings. The van der Waals surface area contributed by atoms with Crippen LogP contribution in [0, 0.1) is 11.7 Å². The molecule has 9 heteroatoms. The molecule has 1 saturated heterocycles. The second-order valence-corrected chi connectivity index (χ2v) is 8.77. The smallest absolute Gasteiger partial charge is 0.309 e. The number of hydrogen-bond acceptors (Lipinski definition) is 5. The summed E-state index contributed by atoms with van der Waals surface area (Å²) in [5.74, 6) is -1.41. The molecule has 1 amide bonds. The van der Waals surface area contributed by atoms with Crippen LogP contribution in [0.4, 0.5) is 4.39 Å². The van der Waals surface area contributed by atoms with Crippen molar-refractivity contribution >= 4 is 21.9 Å². The average Bonchev–Trinajstić information content (AvgIpc) is 2.73. The predicted octanol–water partition coefficient (Wildman–Crippen LogP) is 1.56. The van der Waals surface area contributed by atoms with Gasteiger partial charge in [0.15, 0.2) is 6.61 Å². The summed E-state index contributed by atoms with van der Waals surface area (Å²) < 4.78 is 44.6. The van der Waals surface area contributed by atoms with Crippen molar-refractivity contribution in [1.29, 1.82) is 0 Å². The van der Waals surface area contributed by atoms with Gasteiger partial charge in [0.2, 0.25) is 10.0 Å². The van der Waals surface area contributed by atoms with E-state index < -0.39 is 15.8 Å². The number of allylic oxidation sites excluding steroid dienone is 2. The molecular weight excluding hydrogens is 387 g/mol. The van der Waals surface area contributed by atoms with Crippen LogP contribution in [-0.2, 0) is 24.3 Å². The molecule has 1 aromatic rings. The maximum absolute atomic E-state index is 13.0. The SMILES string of the molecule is O=C(OCC(=O)N1CCN(S(=O)(=O)c2ccc(F)cc2)CC1)[C@@H]1CC=CCC1. The first-order valence-corrected chi connectivity index (χ1v) is 10.7. The number of amides is 1. The molecule has 0 bridgehead atoms. The predicted molar refractivity (Wildman–Crippen MR) is 99.2 cm³/mol. The van der Waals surface area contributed by atoms with Gasteiger partial charge in [-0.25, -0.2) is 12.8 Å². The van der Waals surface area contributed by atoms with Crippen LogP contribution in [0.25, 0.3) is 0 Å². The fourth-order valence-corrected chi connectivity index (χ4v) is 4.71. The maximum atomic E-state index is 13.0. The van der Waals surface area contributed by atoms with Crippen LogP contribution in [0.15, 0.2) is 41.3 Å². The summed E-state index contributed by atoms with van der Waals surface area (Å²) in [5.41, 5.74) is 0. The van der Waals surface area contributed by atoms with E-state index in [1.807, 2.05) is 12.2 Å². The maximum Gasteiger partial charge on any atom is 0.309 e. The van der Waals surface area contributed by atoms with E-state index in [0.717, 1.165) is 25.0 Å². The third kappa shape index (κ3) is 4.77. The first-order valence-electron chi connectivity index (χ1n) is 9.23. The van der Waals surface area contributed by atoms with Crippen LogP contribution in [0.1, 0.15) is 19.3 Å². The zero-order chi connectivity index (χ0) is 20.1. The molecule has 28 heavy (non-hydrogen) atoms. The Labute approximate surface area is 163 Å². The van der Waals surface area contributed by atoms with Gasteiger partial charge in [-0.15, -0.1) is 0 Å². The first kappa shape index (κ1) is 20.5. The number of piperazine rings is 1. The van der Waals surface area contributed by atoms with Crippen molar-refractivity contribution in [2.45, 2.75) is 24.2 Å². The summed E-state index contributed by atoms with van der Waals surface area (Å²) in [6, 6.07) is 4.65. The van der Waals surface area contributed by atoms with Gasteiger partial charge < -0.3 is 9.64 Å². The third-order valence-corrected chi connectivity index (χ3v) is 6.90. The fourth-order valence-electron chi connectivity index (χ4n) is 3.28. The minimum Gasteiger partial charge on any atom is -0.455 e. The molecule has 1 fully saturated rings. The molecule has 1 aliphatic carbocycles. The Morgan fingerprint density at radius 3 is 2.36 bits per heavy atom. The highest BCUT2D eigenvalue weighted by molar-refractivity contribution is 7.89. The van der Waals surface area contributed by atoms with E-state index in [4.69, 9.17) is 4.74 Å². The molecule has 1 aliphatic heterocycles. The largest absolute Gasteiger partial charge is 0.455 e. The Morgan fingerprint density at radius 1 is 1.07 bits per heavy atom. The van der Waals surface area contributed by atoms with Crippen LogP contribution in [0.5, 0.6) is 0 Å². The third-order valence-electron chi connectivity index (χ3n) is 4.98. The number of carbonyl (C=O) groups excluding carboxylic acids is 2. The minimum absolute atomic E-state index is 0.0177. The summed E-state index contributed by atoms with van der Waals surface area (Å²) in [6.45, 7) is 0.356. The molecule has 7 nitrogen and oxygen atoms in total. The number of halogens is 1. The standard InChI is InChI=1S/C19H23FN2O5S/c20-16-6-8-17(9-7-16)28(25,26)22-12-10-21(11-13-22)18(23)14-27-19(24)15-4-2-1-3-5-15/h1-2,6-9,15H,3-5,10-14H2/t15-/m1/s1. The van der Waals surface area contributed by atoms with E-state index in [9.17, 15) is 22.4 Å². The van der Waals surface area contributed by atoms with Crippen molar-refractivity contribution in [3.63, 3.8) is 0 Å². The quantitative estimate of drug-likeness (QED) is 0.543. The van der Waals surface area contributed by atoms with E-state index in [0.29, 0.717) is 6.42 Å². The molecule has 1 atom stereocenters. The Balaban J connectivity index is 1.49. The van der Waals surface area contributed by atoms with Gasteiger partial charge in [0.1, 0.15) is 5.82 Å². The Morgan fingerprint density at radius 2 is 1.75 bits per heavy atom. The summed E-state index contributed by atoms with van der Waals surface area (Å²) in [5, 5.41) is 0. The molecule has 0 saturated carbocycles. The lowest BCUT2D eigenvalue weighted by atomic mass is 9.95. The Kier molecular flexibility index (Phi) is 6.46. The van der Waals surface area contributed by atoms with Gasteiger partial charge in [0.25, 0.3) is 5.91 Å². The number of esters is 1. The van der Waals surface area contributed by atoms with Gasteiger partial charge in [-0.3, -0.25) is 9.59 Å². The lowest BCUT2D eigenvalue weighted by Gasteiger charge is -2.34. The average molecular weight is 410 g/mol. The monoisotopic (exact) mass is 410 g/mol. The second-order valence-electron chi connectivity index (χ2n) is 6.83. The molecule has 0 aromatic heterocycles. The van der Waals surface area contributed by atoms with E-state index in [1.54, 1.807) is 0 Å². The van der Waals surface area contributed by atoms with Crippen LogP contribution < -0.4 is 0 Å². The Hall–Kier alpha value is -2.26. The number of sulfonamides is 1. The zero-order valence-corrected chi connectivity index (χ0v) is 16.2. The van der Waals surface area contributed by atoms with E-state index >= 15 is 0 Å². The molecule has 0 unspecified atom stereocenters.